The summed E-state index contributed by atoms with van der Waals surface area (Å²) in [4.78, 5) is 0. The Morgan fingerprint density at radius 1 is 0.358 bits per heavy atom. The Morgan fingerprint density at radius 2 is 1.04 bits per heavy atom. The molecule has 0 N–H and O–H groups in total. The van der Waals surface area contributed by atoms with E-state index in [0.717, 1.165) is 38.5 Å². The van der Waals surface area contributed by atoms with Gasteiger partial charge in [0.25, 0.3) is 0 Å². The molecule has 9 aromatic carbocycles. The largest absolute Gasteiger partial charge is 0.455 e. The number of nitrogens with zero attached hydrogens (tertiary/aromatic N) is 2. The topological polar surface area (TPSA) is 23.0 Å². The summed E-state index contributed by atoms with van der Waals surface area (Å²) >= 11 is 0. The zero-order chi connectivity index (χ0) is 34.4. The SMILES string of the molecule is c1ccc2c(c1)-c1cccc3c(-n4c5ccccc5c5ccc6c7c8oc9ccccc9c8ccc7n(-c7ccc8ccccc8c7)c6c54)ccc-2c13. The average molecular weight is 673 g/mol. The fraction of sp³-hybridized carbons (Fsp3) is 0. The maximum atomic E-state index is 6.78. The molecule has 3 heterocycles. The third-order valence-corrected chi connectivity index (χ3v) is 11.8. The van der Waals surface area contributed by atoms with E-state index in [1.165, 1.54) is 82.2 Å². The molecule has 0 aliphatic heterocycles. The third-order valence-electron chi connectivity index (χ3n) is 11.8. The lowest BCUT2D eigenvalue weighted by Crippen LogP contribution is -1.99. The first-order valence-electron chi connectivity index (χ1n) is 18.3. The zero-order valence-electron chi connectivity index (χ0n) is 28.5. The summed E-state index contributed by atoms with van der Waals surface area (Å²) < 4.78 is 11.8. The number of fused-ring (bicyclic) bond motifs is 15. The highest BCUT2D eigenvalue weighted by Gasteiger charge is 2.27. The van der Waals surface area contributed by atoms with Gasteiger partial charge in [0, 0.05) is 38.0 Å². The minimum absolute atomic E-state index is 0.908. The van der Waals surface area contributed by atoms with Gasteiger partial charge in [-0.05, 0) is 80.9 Å². The number of hydrogen-bond acceptors (Lipinski definition) is 1. The van der Waals surface area contributed by atoms with E-state index < -0.39 is 0 Å². The van der Waals surface area contributed by atoms with Crippen molar-refractivity contribution < 1.29 is 4.42 Å². The number of furan rings is 1. The first-order chi connectivity index (χ1) is 26.3. The van der Waals surface area contributed by atoms with E-state index in [1.54, 1.807) is 0 Å². The van der Waals surface area contributed by atoms with Gasteiger partial charge in [-0.25, -0.2) is 0 Å². The van der Waals surface area contributed by atoms with Crippen LogP contribution in [0.3, 0.4) is 0 Å². The molecule has 3 nitrogen and oxygen atoms in total. The van der Waals surface area contributed by atoms with E-state index in [9.17, 15) is 0 Å². The van der Waals surface area contributed by atoms with Gasteiger partial charge < -0.3 is 13.6 Å². The van der Waals surface area contributed by atoms with Crippen LogP contribution in [0, 0.1) is 0 Å². The van der Waals surface area contributed by atoms with Gasteiger partial charge in [0.2, 0.25) is 0 Å². The Bertz CT molecular complexity index is 3540. The van der Waals surface area contributed by atoms with Crippen molar-refractivity contribution in [3.8, 4) is 33.6 Å². The third kappa shape index (κ3) is 3.44. The maximum Gasteiger partial charge on any atom is 0.145 e. The molecule has 53 heavy (non-hydrogen) atoms. The van der Waals surface area contributed by atoms with Crippen molar-refractivity contribution in [2.24, 2.45) is 0 Å². The molecule has 3 aromatic heterocycles. The van der Waals surface area contributed by atoms with Gasteiger partial charge in [-0.2, -0.15) is 0 Å². The lowest BCUT2D eigenvalue weighted by molar-refractivity contribution is 0.673. The van der Waals surface area contributed by atoms with Gasteiger partial charge in [0.1, 0.15) is 11.2 Å². The predicted molar refractivity (Wildman–Crippen MR) is 222 cm³/mol. The highest BCUT2D eigenvalue weighted by molar-refractivity contribution is 6.30. The second kappa shape index (κ2) is 9.81. The lowest BCUT2D eigenvalue weighted by Gasteiger charge is -2.15. The molecular formula is C50H28N2O. The lowest BCUT2D eigenvalue weighted by atomic mass is 10.0. The summed E-state index contributed by atoms with van der Waals surface area (Å²) in [6.07, 6.45) is 0. The normalized spacial score (nSPS) is 12.5. The Morgan fingerprint density at radius 3 is 1.94 bits per heavy atom. The number of aromatic nitrogens is 2. The molecule has 0 atom stereocenters. The summed E-state index contributed by atoms with van der Waals surface area (Å²) in [5.41, 5.74) is 14.0. The number of para-hydroxylation sites is 2. The van der Waals surface area contributed by atoms with Gasteiger partial charge >= 0.3 is 0 Å². The first-order valence-corrected chi connectivity index (χ1v) is 18.3. The van der Waals surface area contributed by atoms with Gasteiger partial charge in [0.15, 0.2) is 0 Å². The first kappa shape index (κ1) is 27.6. The molecule has 0 unspecified atom stereocenters. The molecule has 0 fully saturated rings. The standard InChI is InChI=1S/C50H28N2O/c1-2-11-30-28-31(21-20-29(30)10-1)51-44-27-25-39-35-15-6-8-19-45(35)53-50(39)47(44)41-23-22-38-34-14-5-7-18-42(34)52(48(38)49(41)51)43-26-24-37-33-13-4-3-12-32(33)36-16-9-17-40(43)46(36)37/h1-28H. The summed E-state index contributed by atoms with van der Waals surface area (Å²) in [7, 11) is 0. The van der Waals surface area contributed by atoms with Crippen LogP contribution in [-0.2, 0) is 0 Å². The molecule has 0 amide bonds. The van der Waals surface area contributed by atoms with Crippen molar-refractivity contribution >= 4 is 87.1 Å². The molecule has 12 aromatic rings. The highest BCUT2D eigenvalue weighted by atomic mass is 16.3. The monoisotopic (exact) mass is 672 g/mol. The van der Waals surface area contributed by atoms with Crippen LogP contribution in [0.5, 0.6) is 0 Å². The second-order valence-corrected chi connectivity index (χ2v) is 14.4. The number of hydrogen-bond donors (Lipinski definition) is 0. The number of rotatable bonds is 2. The summed E-state index contributed by atoms with van der Waals surface area (Å²) in [6.45, 7) is 0. The molecular weight excluding hydrogens is 645 g/mol. The molecule has 1 aliphatic rings. The molecule has 0 spiro atoms. The quantitative estimate of drug-likeness (QED) is 0.179. The van der Waals surface area contributed by atoms with Gasteiger partial charge in [0.05, 0.1) is 33.1 Å². The van der Waals surface area contributed by atoms with E-state index in [0.29, 0.717) is 0 Å². The van der Waals surface area contributed by atoms with Crippen LogP contribution in [0.4, 0.5) is 0 Å². The van der Waals surface area contributed by atoms with Crippen LogP contribution in [-0.4, -0.2) is 9.13 Å². The molecule has 0 saturated carbocycles. The molecule has 0 bridgehead atoms. The fourth-order valence-corrected chi connectivity index (χ4v) is 9.64. The molecule has 244 valence electrons. The minimum Gasteiger partial charge on any atom is -0.455 e. The average Bonchev–Trinajstić information content (AvgIpc) is 3.95. The van der Waals surface area contributed by atoms with E-state index >= 15 is 0 Å². The van der Waals surface area contributed by atoms with Crippen molar-refractivity contribution in [3.63, 3.8) is 0 Å². The Hall–Kier alpha value is -7.10. The molecule has 0 saturated heterocycles. The van der Waals surface area contributed by atoms with Crippen molar-refractivity contribution in [1.82, 2.24) is 9.13 Å². The Kier molecular flexibility index (Phi) is 5.11. The highest BCUT2D eigenvalue weighted by Crippen LogP contribution is 2.50. The van der Waals surface area contributed by atoms with E-state index in [1.807, 2.05) is 0 Å². The van der Waals surface area contributed by atoms with Crippen LogP contribution < -0.4 is 0 Å². The van der Waals surface area contributed by atoms with Crippen molar-refractivity contribution in [1.29, 1.82) is 0 Å². The van der Waals surface area contributed by atoms with Gasteiger partial charge in [-0.3, -0.25) is 0 Å². The van der Waals surface area contributed by atoms with Crippen LogP contribution in [0.25, 0.3) is 121 Å². The van der Waals surface area contributed by atoms with Crippen LogP contribution in [0.15, 0.2) is 174 Å². The maximum absolute atomic E-state index is 6.78. The van der Waals surface area contributed by atoms with Crippen molar-refractivity contribution in [2.75, 3.05) is 0 Å². The molecule has 0 radical (unpaired) electrons. The van der Waals surface area contributed by atoms with Gasteiger partial charge in [-0.1, -0.05) is 127 Å². The smallest absolute Gasteiger partial charge is 0.145 e. The zero-order valence-corrected chi connectivity index (χ0v) is 28.5. The Balaban J connectivity index is 1.26. The summed E-state index contributed by atoms with van der Waals surface area (Å²) in [5, 5.41) is 12.1. The molecule has 3 heteroatoms. The van der Waals surface area contributed by atoms with Crippen LogP contribution in [0.2, 0.25) is 0 Å². The summed E-state index contributed by atoms with van der Waals surface area (Å²) in [6, 6.07) is 62.3. The van der Waals surface area contributed by atoms with Crippen molar-refractivity contribution in [3.05, 3.63) is 170 Å². The molecule has 1 aliphatic carbocycles. The minimum atomic E-state index is 0.908. The van der Waals surface area contributed by atoms with E-state index in [4.69, 9.17) is 4.42 Å². The fourth-order valence-electron chi connectivity index (χ4n) is 9.64. The van der Waals surface area contributed by atoms with Crippen LogP contribution >= 0.6 is 0 Å². The van der Waals surface area contributed by atoms with Crippen LogP contribution in [0.1, 0.15) is 0 Å². The number of benzene rings is 9. The predicted octanol–water partition coefficient (Wildman–Crippen LogP) is 13.7. The van der Waals surface area contributed by atoms with Gasteiger partial charge in [-0.15, -0.1) is 0 Å². The van der Waals surface area contributed by atoms with E-state index in [-0.39, 0.29) is 0 Å². The second-order valence-electron chi connectivity index (χ2n) is 14.4. The Labute approximate surface area is 303 Å². The van der Waals surface area contributed by atoms with E-state index in [2.05, 4.69) is 179 Å². The summed E-state index contributed by atoms with van der Waals surface area (Å²) in [5.74, 6) is 0. The molecule has 13 rings (SSSR count). The van der Waals surface area contributed by atoms with Crippen molar-refractivity contribution in [2.45, 2.75) is 0 Å².